The van der Waals surface area contributed by atoms with E-state index in [4.69, 9.17) is 18.9 Å². The maximum absolute atomic E-state index is 12.3. The molecule has 0 amide bonds. The smallest absolute Gasteiger partial charge is 0.207 e. The predicted molar refractivity (Wildman–Crippen MR) is 190 cm³/mol. The van der Waals surface area contributed by atoms with Gasteiger partial charge < -0.3 is 39.4 Å². The number of ether oxygens (including phenoxy) is 4. The van der Waals surface area contributed by atoms with Gasteiger partial charge in [-0.3, -0.25) is 0 Å². The number of methoxy groups -OCH3 is 2. The van der Waals surface area contributed by atoms with E-state index in [2.05, 4.69) is 6.92 Å². The third-order valence-corrected chi connectivity index (χ3v) is 13.2. The number of aliphatic hydroxyl groups is 1. The number of aliphatic hydroxyl groups excluding tert-OH is 1. The van der Waals surface area contributed by atoms with Crippen LogP contribution >= 0.6 is 21.6 Å². The maximum atomic E-state index is 12.3. The van der Waals surface area contributed by atoms with Crippen LogP contribution in [-0.4, -0.2) is 58.4 Å². The van der Waals surface area contributed by atoms with Crippen molar-refractivity contribution in [3.8, 4) is 51.4 Å². The molecule has 2 bridgehead atoms. The summed E-state index contributed by atoms with van der Waals surface area (Å²) in [6, 6.07) is 9.15. The van der Waals surface area contributed by atoms with Crippen molar-refractivity contribution in [1.82, 2.24) is 0 Å². The van der Waals surface area contributed by atoms with Crippen LogP contribution in [0.2, 0.25) is 0 Å². The molecule has 3 aromatic rings. The van der Waals surface area contributed by atoms with Gasteiger partial charge in [-0.2, -0.15) is 0 Å². The van der Waals surface area contributed by atoms with E-state index in [0.29, 0.717) is 28.7 Å². The van der Waals surface area contributed by atoms with E-state index in [-0.39, 0.29) is 46.7 Å². The summed E-state index contributed by atoms with van der Waals surface area (Å²) >= 11 is 0. The molecule has 1 saturated carbocycles. The van der Waals surface area contributed by atoms with E-state index in [9.17, 15) is 20.4 Å². The molecule has 4 aliphatic rings. The Morgan fingerprint density at radius 1 is 0.833 bits per heavy atom. The van der Waals surface area contributed by atoms with Crippen LogP contribution in [0.5, 0.6) is 40.2 Å². The highest BCUT2D eigenvalue weighted by atomic mass is 33.1. The number of rotatable bonds is 5. The third-order valence-electron chi connectivity index (χ3n) is 10.8. The van der Waals surface area contributed by atoms with Gasteiger partial charge in [0.15, 0.2) is 17.6 Å². The molecule has 3 aromatic carbocycles. The lowest BCUT2D eigenvalue weighted by molar-refractivity contribution is 0.00287. The highest BCUT2D eigenvalue weighted by Gasteiger charge is 2.44. The Bertz CT molecular complexity index is 1650. The van der Waals surface area contributed by atoms with E-state index in [1.54, 1.807) is 30.0 Å². The van der Waals surface area contributed by atoms with Crippen LogP contribution in [0.15, 0.2) is 30.3 Å². The van der Waals surface area contributed by atoms with Gasteiger partial charge >= 0.3 is 0 Å². The summed E-state index contributed by atoms with van der Waals surface area (Å²) in [7, 11) is 6.65. The molecule has 5 atom stereocenters. The van der Waals surface area contributed by atoms with Crippen molar-refractivity contribution in [2.75, 3.05) is 25.7 Å². The molecule has 2 aliphatic carbocycles. The Balaban J connectivity index is 1.37. The van der Waals surface area contributed by atoms with Gasteiger partial charge in [0.2, 0.25) is 11.5 Å². The summed E-state index contributed by atoms with van der Waals surface area (Å²) in [5.41, 5.74) is 5.55. The summed E-state index contributed by atoms with van der Waals surface area (Å²) in [6.07, 6.45) is 6.95. The minimum absolute atomic E-state index is 0.0512. The second-order valence-electron chi connectivity index (χ2n) is 13.8. The molecule has 2 aliphatic heterocycles. The average Bonchev–Trinajstić information content (AvgIpc) is 3.10. The van der Waals surface area contributed by atoms with Crippen molar-refractivity contribution in [2.24, 2.45) is 5.92 Å². The lowest BCUT2D eigenvalue weighted by Gasteiger charge is -2.41. The van der Waals surface area contributed by atoms with Crippen LogP contribution in [0.4, 0.5) is 0 Å². The molecular weight excluding hydrogens is 649 g/mol. The first-order chi connectivity index (χ1) is 23.3. The van der Waals surface area contributed by atoms with Gasteiger partial charge in [0.25, 0.3) is 0 Å². The number of fused-ring (bicyclic) bond motifs is 4. The van der Waals surface area contributed by atoms with Crippen LogP contribution in [0.3, 0.4) is 0 Å². The SMILES string of the molecule is COc1cc2c3c4c1-c1ccc(O)cc1[C@H](CC[C@@H](C)CCSSC[C@@H]3[C@@H](O)[C@H](c1cc(OC3CCCCC3)c(O)c(OC)c1O)O2)C4. The molecule has 0 saturated heterocycles. The zero-order chi connectivity index (χ0) is 33.5. The molecule has 10 heteroatoms. The molecule has 8 nitrogen and oxygen atoms in total. The zero-order valence-corrected chi connectivity index (χ0v) is 29.5. The van der Waals surface area contributed by atoms with E-state index >= 15 is 0 Å². The fourth-order valence-corrected chi connectivity index (χ4v) is 10.8. The number of hydrogen-bond acceptors (Lipinski definition) is 10. The van der Waals surface area contributed by atoms with Crippen molar-refractivity contribution >= 4 is 21.6 Å². The zero-order valence-electron chi connectivity index (χ0n) is 27.9. The van der Waals surface area contributed by atoms with Crippen molar-refractivity contribution in [1.29, 1.82) is 0 Å². The fourth-order valence-electron chi connectivity index (χ4n) is 8.18. The molecule has 0 unspecified atom stereocenters. The first-order valence-electron chi connectivity index (χ1n) is 17.2. The normalized spacial score (nSPS) is 25.8. The molecule has 258 valence electrons. The largest absolute Gasteiger partial charge is 0.508 e. The molecule has 0 spiro atoms. The standard InChI is InChI=1S/C38H46O8S2/c1-20-9-10-21-15-26-32(24-12-11-22(39)16-25(21)24)29(43-2)18-30-33(26)28(19-48-47-14-13-20)35(41)37(46-30)27-17-31(36(42)38(44-3)34(27)40)45-23-7-5-4-6-8-23/h11-12,16-18,20-21,23,28,35,37,39-42H,4-10,13-15,19H2,1-3H3/t20-,21-,28+,35-,37+/m1/s1. The predicted octanol–water partition coefficient (Wildman–Crippen LogP) is 8.62. The highest BCUT2D eigenvalue weighted by molar-refractivity contribution is 8.76. The molecule has 48 heavy (non-hydrogen) atoms. The molecule has 1 fully saturated rings. The highest BCUT2D eigenvalue weighted by Crippen LogP contribution is 2.58. The Morgan fingerprint density at radius 3 is 2.42 bits per heavy atom. The second kappa shape index (κ2) is 14.0. The first kappa shape index (κ1) is 33.4. The van der Waals surface area contributed by atoms with Gasteiger partial charge in [0.1, 0.15) is 23.4 Å². The van der Waals surface area contributed by atoms with Crippen LogP contribution in [0, 0.1) is 5.92 Å². The van der Waals surface area contributed by atoms with E-state index in [1.165, 1.54) is 7.11 Å². The lowest BCUT2D eigenvalue weighted by Crippen LogP contribution is -2.37. The van der Waals surface area contributed by atoms with E-state index in [0.717, 1.165) is 91.4 Å². The number of phenolic OH excluding ortho intramolecular Hbond substituents is 3. The third kappa shape index (κ3) is 6.13. The minimum atomic E-state index is -1.02. The van der Waals surface area contributed by atoms with Crippen molar-refractivity contribution in [3.63, 3.8) is 0 Å². The van der Waals surface area contributed by atoms with Gasteiger partial charge in [0.05, 0.1) is 20.3 Å². The first-order valence-corrected chi connectivity index (χ1v) is 19.7. The van der Waals surface area contributed by atoms with Crippen molar-refractivity contribution in [2.45, 2.75) is 94.9 Å². The number of hydrogen-bond donors (Lipinski definition) is 4. The Hall–Kier alpha value is -3.08. The molecule has 0 radical (unpaired) electrons. The maximum Gasteiger partial charge on any atom is 0.207 e. The number of aromatic hydroxyl groups is 3. The Kier molecular flexibility index (Phi) is 9.77. The topological polar surface area (TPSA) is 118 Å². The lowest BCUT2D eigenvalue weighted by atomic mass is 9.71. The van der Waals surface area contributed by atoms with Gasteiger partial charge in [-0.25, -0.2) is 0 Å². The van der Waals surface area contributed by atoms with Crippen LogP contribution < -0.4 is 18.9 Å². The van der Waals surface area contributed by atoms with Crippen LogP contribution in [0.25, 0.3) is 11.1 Å². The van der Waals surface area contributed by atoms with Gasteiger partial charge in [-0.15, -0.1) is 0 Å². The van der Waals surface area contributed by atoms with E-state index < -0.39 is 12.2 Å². The Labute approximate surface area is 290 Å². The van der Waals surface area contributed by atoms with Crippen molar-refractivity contribution in [3.05, 3.63) is 52.6 Å². The molecule has 0 aromatic heterocycles. The molecule has 4 N–H and O–H groups in total. The van der Waals surface area contributed by atoms with Crippen molar-refractivity contribution < 1.29 is 39.4 Å². The van der Waals surface area contributed by atoms with Gasteiger partial charge in [-0.05, 0) is 91.7 Å². The van der Waals surface area contributed by atoms with Crippen LogP contribution in [-0.2, 0) is 6.42 Å². The number of benzene rings is 3. The summed E-state index contributed by atoms with van der Waals surface area (Å²) in [5.74, 6) is 3.21. The fraction of sp³-hybridized carbons (Fsp3) is 0.526. The average molecular weight is 695 g/mol. The molecule has 2 heterocycles. The van der Waals surface area contributed by atoms with Gasteiger partial charge in [0, 0.05) is 40.2 Å². The minimum Gasteiger partial charge on any atom is -0.508 e. The summed E-state index contributed by atoms with van der Waals surface area (Å²) in [6.45, 7) is 2.32. The second-order valence-corrected chi connectivity index (χ2v) is 16.4. The molecule has 7 rings (SSSR count). The Morgan fingerprint density at radius 2 is 1.65 bits per heavy atom. The van der Waals surface area contributed by atoms with Gasteiger partial charge in [-0.1, -0.05) is 47.4 Å². The summed E-state index contributed by atoms with van der Waals surface area (Å²) in [4.78, 5) is 0. The van der Waals surface area contributed by atoms with Crippen LogP contribution in [0.1, 0.15) is 98.5 Å². The summed E-state index contributed by atoms with van der Waals surface area (Å²) < 4.78 is 24.6. The molecular formula is C38H46O8S2. The monoisotopic (exact) mass is 694 g/mol. The quantitative estimate of drug-likeness (QED) is 0.193. The van der Waals surface area contributed by atoms with E-state index in [1.807, 2.05) is 29.0 Å². The number of phenols is 3. The summed E-state index contributed by atoms with van der Waals surface area (Å²) in [5, 5.41) is 45.4.